The van der Waals surface area contributed by atoms with Crippen molar-refractivity contribution in [3.8, 4) is 0 Å². The Morgan fingerprint density at radius 1 is 1.16 bits per heavy atom. The van der Waals surface area contributed by atoms with Gasteiger partial charge in [-0.25, -0.2) is 19.1 Å². The van der Waals surface area contributed by atoms with Gasteiger partial charge in [-0.15, -0.1) is 0 Å². The highest BCUT2D eigenvalue weighted by Crippen LogP contribution is 2.30. The van der Waals surface area contributed by atoms with Crippen LogP contribution in [0.4, 0.5) is 16.3 Å². The molecule has 1 N–H and O–H groups in total. The predicted octanol–water partition coefficient (Wildman–Crippen LogP) is 4.46. The quantitative estimate of drug-likeness (QED) is 0.469. The van der Waals surface area contributed by atoms with Crippen molar-refractivity contribution in [1.82, 2.24) is 19.9 Å². The Labute approximate surface area is 216 Å². The zero-order valence-electron chi connectivity index (χ0n) is 22.0. The molecule has 0 saturated carbocycles. The number of fused-ring (bicyclic) bond motifs is 1. The van der Waals surface area contributed by atoms with Crippen LogP contribution in [-0.2, 0) is 9.47 Å². The number of amides is 1. The lowest BCUT2D eigenvalue weighted by Gasteiger charge is -2.32. The molecular formula is C27H34N6O4. The number of alkyl carbamates (subject to hydrolysis) is 1. The van der Waals surface area contributed by atoms with Crippen LogP contribution < -0.4 is 15.3 Å². The van der Waals surface area contributed by atoms with E-state index in [2.05, 4.69) is 26.5 Å². The van der Waals surface area contributed by atoms with Crippen molar-refractivity contribution < 1.29 is 19.1 Å². The number of benzene rings is 1. The van der Waals surface area contributed by atoms with Gasteiger partial charge in [0.25, 0.3) is 0 Å². The summed E-state index contributed by atoms with van der Waals surface area (Å²) in [5.74, 6) is 0.278. The molecule has 10 nitrogen and oxygen atoms in total. The van der Waals surface area contributed by atoms with Crippen LogP contribution in [0.25, 0.3) is 11.7 Å². The molecule has 1 aliphatic heterocycles. The average molecular weight is 507 g/mol. The maximum atomic E-state index is 12.4. The number of carbonyl (C=O) groups is 2. The van der Waals surface area contributed by atoms with Crippen molar-refractivity contribution in [3.05, 3.63) is 59.9 Å². The van der Waals surface area contributed by atoms with Gasteiger partial charge in [0.05, 0.1) is 18.5 Å². The third-order valence-electron chi connectivity index (χ3n) is 5.67. The first-order valence-corrected chi connectivity index (χ1v) is 12.5. The third-order valence-corrected chi connectivity index (χ3v) is 5.67. The Hall–Kier alpha value is -4.08. The summed E-state index contributed by atoms with van der Waals surface area (Å²) in [6, 6.07) is 9.75. The number of para-hydroxylation sites is 1. The normalized spacial score (nSPS) is 14.8. The van der Waals surface area contributed by atoms with Gasteiger partial charge >= 0.3 is 12.1 Å². The molecule has 0 spiro atoms. The second-order valence-corrected chi connectivity index (χ2v) is 9.79. The second-order valence-electron chi connectivity index (χ2n) is 9.79. The van der Waals surface area contributed by atoms with Gasteiger partial charge in [-0.05, 0) is 52.7 Å². The number of carbonyl (C=O) groups excluding carboxylic acids is 2. The van der Waals surface area contributed by atoms with Gasteiger partial charge in [0, 0.05) is 31.4 Å². The largest absolute Gasteiger partial charge is 0.462 e. The molecule has 0 radical (unpaired) electrons. The Balaban J connectivity index is 1.56. The van der Waals surface area contributed by atoms with Gasteiger partial charge in [-0.2, -0.15) is 5.10 Å². The summed E-state index contributed by atoms with van der Waals surface area (Å²) in [6.07, 6.45) is 7.72. The fraction of sp³-hybridized carbons (Fsp3) is 0.407. The van der Waals surface area contributed by atoms with Gasteiger partial charge in [0.15, 0.2) is 11.5 Å². The number of nitrogens with one attached hydrogen (secondary N) is 1. The molecule has 1 fully saturated rings. The molecule has 1 aromatic carbocycles. The average Bonchev–Trinajstić information content (AvgIpc) is 3.49. The summed E-state index contributed by atoms with van der Waals surface area (Å²) < 4.78 is 12.1. The first-order chi connectivity index (χ1) is 17.7. The molecule has 0 aliphatic carbocycles. The SMILES string of the molecule is CCOC(=O)c1cnn2ccc(N3CCCN3c3ccccc3/C=C/[C@@H](C)NC(=O)OC(C)(C)C)nc12. The van der Waals surface area contributed by atoms with Gasteiger partial charge in [-0.3, -0.25) is 10.0 Å². The van der Waals surface area contributed by atoms with Crippen molar-refractivity contribution >= 4 is 35.3 Å². The molecule has 1 aliphatic rings. The predicted molar refractivity (Wildman–Crippen MR) is 143 cm³/mol. The monoisotopic (exact) mass is 506 g/mol. The summed E-state index contributed by atoms with van der Waals surface area (Å²) in [5, 5.41) is 11.4. The first-order valence-electron chi connectivity index (χ1n) is 12.5. The molecule has 10 heteroatoms. The molecule has 1 saturated heterocycles. The highest BCUT2D eigenvalue weighted by molar-refractivity contribution is 5.95. The van der Waals surface area contributed by atoms with Crippen LogP contribution in [-0.4, -0.2) is 58.0 Å². The number of hydrazine groups is 1. The van der Waals surface area contributed by atoms with Crippen LogP contribution in [0.15, 0.2) is 48.8 Å². The number of anilines is 2. The van der Waals surface area contributed by atoms with E-state index in [1.54, 1.807) is 17.6 Å². The van der Waals surface area contributed by atoms with E-state index in [9.17, 15) is 9.59 Å². The molecule has 2 aromatic heterocycles. The van der Waals surface area contributed by atoms with Crippen LogP contribution >= 0.6 is 0 Å². The highest BCUT2D eigenvalue weighted by Gasteiger charge is 2.26. The van der Waals surface area contributed by atoms with E-state index < -0.39 is 17.7 Å². The zero-order valence-corrected chi connectivity index (χ0v) is 22.0. The number of aromatic nitrogens is 3. The minimum Gasteiger partial charge on any atom is -0.462 e. The molecule has 0 bridgehead atoms. The zero-order chi connectivity index (χ0) is 26.6. The molecule has 37 heavy (non-hydrogen) atoms. The number of esters is 1. The molecule has 3 heterocycles. The Kier molecular flexibility index (Phi) is 7.66. The van der Waals surface area contributed by atoms with E-state index in [1.807, 2.05) is 64.1 Å². The molecule has 1 amide bonds. The van der Waals surface area contributed by atoms with Gasteiger partial charge in [0.2, 0.25) is 0 Å². The van der Waals surface area contributed by atoms with Crippen LogP contribution in [0.2, 0.25) is 0 Å². The standard InChI is InChI=1S/C27H34N6O4/c1-6-36-25(34)21-18-28-31-17-14-23(30-24(21)31)33-16-9-15-32(33)22-11-8-7-10-20(22)13-12-19(2)29-26(35)37-27(3,4)5/h7-8,10-14,17-19H,6,9,15-16H2,1-5H3,(H,29,35)/b13-12+/t19-/m1/s1. The van der Waals surface area contributed by atoms with Crippen molar-refractivity contribution in [3.63, 3.8) is 0 Å². The van der Waals surface area contributed by atoms with Gasteiger partial charge in [0.1, 0.15) is 11.2 Å². The summed E-state index contributed by atoms with van der Waals surface area (Å²) in [5.41, 5.74) is 2.26. The van der Waals surface area contributed by atoms with E-state index in [0.29, 0.717) is 11.2 Å². The number of ether oxygens (including phenoxy) is 2. The lowest BCUT2D eigenvalue weighted by atomic mass is 10.1. The number of hydrogen-bond acceptors (Lipinski definition) is 8. The number of rotatable bonds is 7. The minimum absolute atomic E-state index is 0.218. The topological polar surface area (TPSA) is 101 Å². The lowest BCUT2D eigenvalue weighted by Crippen LogP contribution is -2.38. The number of hydrogen-bond donors (Lipinski definition) is 1. The van der Waals surface area contributed by atoms with E-state index in [1.165, 1.54) is 6.20 Å². The Bertz CT molecular complexity index is 1300. The first kappa shape index (κ1) is 26.0. The number of nitrogens with zero attached hydrogens (tertiary/aromatic N) is 5. The van der Waals surface area contributed by atoms with E-state index >= 15 is 0 Å². The smallest absolute Gasteiger partial charge is 0.408 e. The van der Waals surface area contributed by atoms with Crippen molar-refractivity contribution in [1.29, 1.82) is 0 Å². The molecule has 196 valence electrons. The lowest BCUT2D eigenvalue weighted by molar-refractivity contribution is 0.0511. The highest BCUT2D eigenvalue weighted by atomic mass is 16.6. The molecular weight excluding hydrogens is 472 g/mol. The van der Waals surface area contributed by atoms with Gasteiger partial charge in [-0.1, -0.05) is 30.4 Å². The minimum atomic E-state index is -0.551. The van der Waals surface area contributed by atoms with E-state index in [4.69, 9.17) is 14.5 Å². The van der Waals surface area contributed by atoms with Crippen LogP contribution in [0, 0.1) is 0 Å². The fourth-order valence-corrected chi connectivity index (χ4v) is 4.11. The van der Waals surface area contributed by atoms with Crippen LogP contribution in [0.1, 0.15) is 57.0 Å². The fourth-order valence-electron chi connectivity index (χ4n) is 4.11. The Morgan fingerprint density at radius 2 is 1.92 bits per heavy atom. The Morgan fingerprint density at radius 3 is 2.68 bits per heavy atom. The molecule has 0 unspecified atom stereocenters. The van der Waals surface area contributed by atoms with E-state index in [0.717, 1.165) is 36.6 Å². The summed E-state index contributed by atoms with van der Waals surface area (Å²) >= 11 is 0. The second kappa shape index (κ2) is 10.9. The third kappa shape index (κ3) is 6.19. The maximum absolute atomic E-state index is 12.4. The summed E-state index contributed by atoms with van der Waals surface area (Å²) in [4.78, 5) is 29.2. The van der Waals surface area contributed by atoms with Crippen molar-refractivity contribution in [2.45, 2.75) is 52.7 Å². The van der Waals surface area contributed by atoms with Crippen molar-refractivity contribution in [2.24, 2.45) is 0 Å². The van der Waals surface area contributed by atoms with Gasteiger partial charge < -0.3 is 14.8 Å². The summed E-state index contributed by atoms with van der Waals surface area (Å²) in [6.45, 7) is 11.1. The van der Waals surface area contributed by atoms with E-state index in [-0.39, 0.29) is 12.6 Å². The van der Waals surface area contributed by atoms with Crippen molar-refractivity contribution in [2.75, 3.05) is 29.7 Å². The molecule has 4 rings (SSSR count). The maximum Gasteiger partial charge on any atom is 0.408 e. The summed E-state index contributed by atoms with van der Waals surface area (Å²) in [7, 11) is 0. The molecule has 3 aromatic rings. The molecule has 1 atom stereocenters. The van der Waals surface area contributed by atoms with Crippen LogP contribution in [0.5, 0.6) is 0 Å². The van der Waals surface area contributed by atoms with Crippen LogP contribution in [0.3, 0.4) is 0 Å².